The van der Waals surface area contributed by atoms with Crippen LogP contribution < -0.4 is 0 Å². The molecular weight excluding hydrogens is 122 g/mol. The summed E-state index contributed by atoms with van der Waals surface area (Å²) in [5, 5.41) is 0. The highest BCUT2D eigenvalue weighted by Gasteiger charge is 2.23. The first-order chi connectivity index (χ1) is 3.29. The Morgan fingerprint density at radius 1 is 1.75 bits per heavy atom. The molecule has 1 unspecified atom stereocenters. The minimum atomic E-state index is -1.55. The van der Waals surface area contributed by atoms with Gasteiger partial charge in [-0.3, -0.25) is 4.70 Å². The summed E-state index contributed by atoms with van der Waals surface area (Å²) in [6.07, 6.45) is -2.47. The van der Waals surface area contributed by atoms with Crippen LogP contribution in [0.1, 0.15) is 0 Å². The fourth-order valence-electron chi connectivity index (χ4n) is 0.306. The summed E-state index contributed by atoms with van der Waals surface area (Å²) < 4.78 is 19.5. The molecule has 0 aromatic rings. The van der Waals surface area contributed by atoms with Crippen molar-refractivity contribution in [3.8, 4) is 0 Å². The Balaban J connectivity index is 0.000000490. The van der Waals surface area contributed by atoms with Gasteiger partial charge in [0, 0.05) is 0 Å². The van der Waals surface area contributed by atoms with Crippen molar-refractivity contribution >= 4 is 6.16 Å². The Kier molecular flexibility index (Phi) is 2.18. The van der Waals surface area contributed by atoms with E-state index in [0.29, 0.717) is 0 Å². The van der Waals surface area contributed by atoms with E-state index in [1.165, 1.54) is 0 Å². The SMILES string of the molecule is F.O=C1OCC(F)O1. The third-order valence-electron chi connectivity index (χ3n) is 0.556. The van der Waals surface area contributed by atoms with Gasteiger partial charge in [0.1, 0.15) is 0 Å². The maximum absolute atomic E-state index is 11.6. The zero-order valence-corrected chi connectivity index (χ0v) is 3.80. The van der Waals surface area contributed by atoms with Crippen molar-refractivity contribution in [3.63, 3.8) is 0 Å². The Morgan fingerprint density at radius 3 is 2.50 bits per heavy atom. The van der Waals surface area contributed by atoms with Crippen LogP contribution in [0.5, 0.6) is 0 Å². The minimum absolute atomic E-state index is 0. The molecule has 0 N–H and O–H groups in total. The lowest BCUT2D eigenvalue weighted by molar-refractivity contribution is 0.0573. The maximum Gasteiger partial charge on any atom is 0.511 e. The highest BCUT2D eigenvalue weighted by molar-refractivity contribution is 5.61. The van der Waals surface area contributed by atoms with Crippen molar-refractivity contribution in [2.45, 2.75) is 6.36 Å². The van der Waals surface area contributed by atoms with E-state index >= 15 is 0 Å². The van der Waals surface area contributed by atoms with Gasteiger partial charge in [0.05, 0.1) is 0 Å². The van der Waals surface area contributed by atoms with Crippen LogP contribution in [0.3, 0.4) is 0 Å². The van der Waals surface area contributed by atoms with Gasteiger partial charge in [-0.25, -0.2) is 4.79 Å². The molecule has 0 amide bonds. The molecule has 0 bridgehead atoms. The molecule has 1 heterocycles. The van der Waals surface area contributed by atoms with Gasteiger partial charge >= 0.3 is 6.16 Å². The molecule has 8 heavy (non-hydrogen) atoms. The molecule has 0 spiro atoms. The van der Waals surface area contributed by atoms with E-state index in [-0.39, 0.29) is 11.3 Å². The van der Waals surface area contributed by atoms with Gasteiger partial charge < -0.3 is 9.47 Å². The van der Waals surface area contributed by atoms with Gasteiger partial charge in [-0.2, -0.15) is 4.39 Å². The Bertz CT molecular complexity index is 94.5. The first kappa shape index (κ1) is 7.13. The van der Waals surface area contributed by atoms with Gasteiger partial charge in [0.2, 0.25) is 0 Å². The molecule has 0 aromatic carbocycles. The first-order valence-electron chi connectivity index (χ1n) is 1.76. The Labute approximate surface area is 43.7 Å². The largest absolute Gasteiger partial charge is 0.511 e. The van der Waals surface area contributed by atoms with Crippen molar-refractivity contribution in [2.75, 3.05) is 6.61 Å². The molecule has 48 valence electrons. The fraction of sp³-hybridized carbons (Fsp3) is 0.667. The summed E-state index contributed by atoms with van der Waals surface area (Å²) in [5.74, 6) is 0. The van der Waals surface area contributed by atoms with Crippen LogP contribution in [-0.2, 0) is 9.47 Å². The number of halogens is 2. The minimum Gasteiger partial charge on any atom is -0.427 e. The van der Waals surface area contributed by atoms with Gasteiger partial charge in [-0.1, -0.05) is 0 Å². The summed E-state index contributed by atoms with van der Waals surface area (Å²) in [4.78, 5) is 9.77. The van der Waals surface area contributed by atoms with E-state index < -0.39 is 12.5 Å². The summed E-state index contributed by atoms with van der Waals surface area (Å²) >= 11 is 0. The zero-order chi connectivity index (χ0) is 5.28. The number of ether oxygens (including phenoxy) is 2. The molecule has 0 saturated carbocycles. The zero-order valence-electron chi connectivity index (χ0n) is 3.80. The topological polar surface area (TPSA) is 35.5 Å². The van der Waals surface area contributed by atoms with Crippen LogP contribution in [-0.4, -0.2) is 19.1 Å². The number of cyclic esters (lactones) is 2. The second-order valence-electron chi connectivity index (χ2n) is 1.09. The molecule has 1 aliphatic rings. The average Bonchev–Trinajstić information content (AvgIpc) is 1.87. The summed E-state index contributed by atoms with van der Waals surface area (Å²) in [5.41, 5.74) is 0. The summed E-state index contributed by atoms with van der Waals surface area (Å²) in [6.45, 7) is -0.265. The molecule has 0 aromatic heterocycles. The lowest BCUT2D eigenvalue weighted by Crippen LogP contribution is -1.98. The lowest BCUT2D eigenvalue weighted by Gasteiger charge is -1.85. The van der Waals surface area contributed by atoms with Crippen LogP contribution in [0.15, 0.2) is 0 Å². The van der Waals surface area contributed by atoms with Crippen molar-refractivity contribution in [1.82, 2.24) is 0 Å². The molecule has 1 atom stereocenters. The molecule has 1 aliphatic heterocycles. The third-order valence-corrected chi connectivity index (χ3v) is 0.556. The normalized spacial score (nSPS) is 25.6. The van der Waals surface area contributed by atoms with Crippen molar-refractivity contribution in [1.29, 1.82) is 0 Å². The number of hydrogen-bond acceptors (Lipinski definition) is 3. The standard InChI is InChI=1S/C3H3FO3.FH/c4-2-1-6-3(5)7-2;/h2H,1H2;1H. The smallest absolute Gasteiger partial charge is 0.427 e. The average molecular weight is 126 g/mol. The Hall–Kier alpha value is -0.870. The second kappa shape index (κ2) is 2.44. The van der Waals surface area contributed by atoms with Gasteiger partial charge in [0.15, 0.2) is 6.61 Å². The molecule has 1 fully saturated rings. The number of carbonyl (C=O) groups excluding carboxylic acids is 1. The third kappa shape index (κ3) is 1.32. The summed E-state index contributed by atoms with van der Waals surface area (Å²) in [6, 6.07) is 0. The molecule has 0 radical (unpaired) electrons. The highest BCUT2D eigenvalue weighted by atomic mass is 19.1. The lowest BCUT2D eigenvalue weighted by atomic mass is 10.8. The quantitative estimate of drug-likeness (QED) is 0.446. The number of alkyl halides is 1. The van der Waals surface area contributed by atoms with E-state index in [1.54, 1.807) is 0 Å². The van der Waals surface area contributed by atoms with E-state index in [9.17, 15) is 9.18 Å². The number of carbonyl (C=O) groups is 1. The predicted octanol–water partition coefficient (Wildman–Crippen LogP) is 0.601. The number of rotatable bonds is 0. The molecule has 5 heteroatoms. The monoisotopic (exact) mass is 126 g/mol. The highest BCUT2D eigenvalue weighted by Crippen LogP contribution is 2.05. The van der Waals surface area contributed by atoms with Crippen molar-refractivity contribution in [2.24, 2.45) is 0 Å². The van der Waals surface area contributed by atoms with Gasteiger partial charge in [-0.15, -0.1) is 0 Å². The Morgan fingerprint density at radius 2 is 2.38 bits per heavy atom. The predicted molar refractivity (Wildman–Crippen MR) is 19.8 cm³/mol. The number of hydrogen-bond donors (Lipinski definition) is 0. The second-order valence-corrected chi connectivity index (χ2v) is 1.09. The fourth-order valence-corrected chi connectivity index (χ4v) is 0.306. The van der Waals surface area contributed by atoms with E-state index in [4.69, 9.17) is 0 Å². The van der Waals surface area contributed by atoms with Gasteiger partial charge in [0.25, 0.3) is 6.36 Å². The molecule has 1 rings (SSSR count). The van der Waals surface area contributed by atoms with E-state index in [1.807, 2.05) is 0 Å². The molecule has 0 aliphatic carbocycles. The van der Waals surface area contributed by atoms with E-state index in [2.05, 4.69) is 9.47 Å². The van der Waals surface area contributed by atoms with E-state index in [0.717, 1.165) is 0 Å². The van der Waals surface area contributed by atoms with Crippen molar-refractivity contribution in [3.05, 3.63) is 0 Å². The first-order valence-corrected chi connectivity index (χ1v) is 1.76. The maximum atomic E-state index is 11.6. The summed E-state index contributed by atoms with van der Waals surface area (Å²) in [7, 11) is 0. The van der Waals surface area contributed by atoms with Crippen LogP contribution in [0, 0.1) is 0 Å². The van der Waals surface area contributed by atoms with Crippen molar-refractivity contribution < 1.29 is 23.4 Å². The van der Waals surface area contributed by atoms with Crippen LogP contribution in [0.25, 0.3) is 0 Å². The molecular formula is C3H4F2O3. The van der Waals surface area contributed by atoms with Crippen LogP contribution >= 0.6 is 0 Å². The van der Waals surface area contributed by atoms with Crippen LogP contribution in [0.2, 0.25) is 0 Å². The molecule has 3 nitrogen and oxygen atoms in total. The molecule has 1 saturated heterocycles. The van der Waals surface area contributed by atoms with Crippen LogP contribution in [0.4, 0.5) is 13.9 Å². The van der Waals surface area contributed by atoms with Gasteiger partial charge in [-0.05, 0) is 0 Å².